The van der Waals surface area contributed by atoms with Crippen LogP contribution in [0.4, 0.5) is 0 Å². The van der Waals surface area contributed by atoms with Crippen molar-refractivity contribution in [3.05, 3.63) is 52.8 Å². The molecule has 0 saturated carbocycles. The SMILES string of the molecule is CN(Cc1ccccc1Br)C(=O)CSc1ncccn1. The Bertz CT molecular complexity index is 580. The van der Waals surface area contributed by atoms with Crippen LogP contribution in [0.25, 0.3) is 0 Å². The van der Waals surface area contributed by atoms with Crippen LogP contribution in [0, 0.1) is 0 Å². The van der Waals surface area contributed by atoms with Crippen LogP contribution in [0.5, 0.6) is 0 Å². The van der Waals surface area contributed by atoms with Gasteiger partial charge in [0.25, 0.3) is 0 Å². The fourth-order valence-electron chi connectivity index (χ4n) is 1.57. The number of halogens is 1. The molecule has 0 aliphatic heterocycles. The van der Waals surface area contributed by atoms with Crippen molar-refractivity contribution in [2.75, 3.05) is 12.8 Å². The molecule has 0 atom stereocenters. The first-order chi connectivity index (χ1) is 9.66. The molecule has 1 aromatic carbocycles. The van der Waals surface area contributed by atoms with E-state index in [9.17, 15) is 4.79 Å². The Hall–Kier alpha value is -1.40. The Labute approximate surface area is 130 Å². The molecule has 0 spiro atoms. The third-order valence-electron chi connectivity index (χ3n) is 2.66. The van der Waals surface area contributed by atoms with Gasteiger partial charge in [0.15, 0.2) is 5.16 Å². The second-order valence-electron chi connectivity index (χ2n) is 4.16. The molecular formula is C14H14BrN3OS. The number of benzene rings is 1. The lowest BCUT2D eigenvalue weighted by Crippen LogP contribution is -2.28. The standard InChI is InChI=1S/C14H14BrN3OS/c1-18(9-11-5-2-3-6-12(11)15)13(19)10-20-14-16-7-4-8-17-14/h2-8H,9-10H2,1H3. The van der Waals surface area contributed by atoms with Gasteiger partial charge in [-0.3, -0.25) is 4.79 Å². The first-order valence-corrected chi connectivity index (χ1v) is 7.82. The summed E-state index contributed by atoms with van der Waals surface area (Å²) in [6.07, 6.45) is 3.34. The van der Waals surface area contributed by atoms with E-state index >= 15 is 0 Å². The van der Waals surface area contributed by atoms with Crippen LogP contribution in [0.2, 0.25) is 0 Å². The molecule has 0 bridgehead atoms. The van der Waals surface area contributed by atoms with Gasteiger partial charge in [0.2, 0.25) is 5.91 Å². The second kappa shape index (κ2) is 7.40. The Morgan fingerprint density at radius 1 is 1.25 bits per heavy atom. The van der Waals surface area contributed by atoms with Gasteiger partial charge in [0, 0.05) is 30.5 Å². The van der Waals surface area contributed by atoms with E-state index in [1.54, 1.807) is 30.4 Å². The molecule has 0 aliphatic rings. The summed E-state index contributed by atoms with van der Waals surface area (Å²) >= 11 is 4.83. The number of hydrogen-bond acceptors (Lipinski definition) is 4. The van der Waals surface area contributed by atoms with Crippen LogP contribution in [0.1, 0.15) is 5.56 Å². The fourth-order valence-corrected chi connectivity index (χ4v) is 2.72. The van der Waals surface area contributed by atoms with E-state index in [4.69, 9.17) is 0 Å². The van der Waals surface area contributed by atoms with Gasteiger partial charge in [0.05, 0.1) is 5.75 Å². The molecule has 6 heteroatoms. The number of nitrogens with zero attached hydrogens (tertiary/aromatic N) is 3. The van der Waals surface area contributed by atoms with Gasteiger partial charge in [-0.2, -0.15) is 0 Å². The lowest BCUT2D eigenvalue weighted by atomic mass is 10.2. The summed E-state index contributed by atoms with van der Waals surface area (Å²) in [5, 5.41) is 0.621. The highest BCUT2D eigenvalue weighted by atomic mass is 79.9. The molecular weight excluding hydrogens is 338 g/mol. The highest BCUT2D eigenvalue weighted by Crippen LogP contribution is 2.18. The molecule has 0 N–H and O–H groups in total. The molecule has 0 aliphatic carbocycles. The number of carbonyl (C=O) groups excluding carboxylic acids is 1. The Balaban J connectivity index is 1.88. The minimum Gasteiger partial charge on any atom is -0.341 e. The van der Waals surface area contributed by atoms with E-state index in [2.05, 4.69) is 25.9 Å². The molecule has 2 rings (SSSR count). The molecule has 0 fully saturated rings. The number of thioether (sulfide) groups is 1. The molecule has 1 amide bonds. The van der Waals surface area contributed by atoms with E-state index in [1.807, 2.05) is 24.3 Å². The third-order valence-corrected chi connectivity index (χ3v) is 4.29. The van der Waals surface area contributed by atoms with Crippen molar-refractivity contribution in [2.45, 2.75) is 11.7 Å². The van der Waals surface area contributed by atoms with E-state index in [-0.39, 0.29) is 5.91 Å². The van der Waals surface area contributed by atoms with Gasteiger partial charge in [-0.15, -0.1) is 0 Å². The van der Waals surface area contributed by atoms with Gasteiger partial charge in [0.1, 0.15) is 0 Å². The van der Waals surface area contributed by atoms with Crippen molar-refractivity contribution < 1.29 is 4.79 Å². The highest BCUT2D eigenvalue weighted by molar-refractivity contribution is 9.10. The van der Waals surface area contributed by atoms with E-state index < -0.39 is 0 Å². The summed E-state index contributed by atoms with van der Waals surface area (Å²) in [4.78, 5) is 21.9. The molecule has 1 aromatic heterocycles. The molecule has 20 heavy (non-hydrogen) atoms. The molecule has 4 nitrogen and oxygen atoms in total. The molecule has 0 saturated heterocycles. The van der Waals surface area contributed by atoms with Crippen molar-refractivity contribution >= 4 is 33.6 Å². The molecule has 2 aromatic rings. The lowest BCUT2D eigenvalue weighted by Gasteiger charge is -2.17. The second-order valence-corrected chi connectivity index (χ2v) is 5.96. The molecule has 1 heterocycles. The summed E-state index contributed by atoms with van der Waals surface area (Å²) in [7, 11) is 1.80. The largest absolute Gasteiger partial charge is 0.341 e. The minimum absolute atomic E-state index is 0.0539. The molecule has 0 radical (unpaired) electrons. The predicted molar refractivity (Wildman–Crippen MR) is 83.4 cm³/mol. The van der Waals surface area contributed by atoms with Crippen molar-refractivity contribution in [2.24, 2.45) is 0 Å². The van der Waals surface area contributed by atoms with E-state index in [0.29, 0.717) is 17.5 Å². The quantitative estimate of drug-likeness (QED) is 0.613. The zero-order valence-corrected chi connectivity index (χ0v) is 13.4. The summed E-state index contributed by atoms with van der Waals surface area (Å²) in [6.45, 7) is 0.580. The first-order valence-electron chi connectivity index (χ1n) is 6.04. The maximum absolute atomic E-state index is 12.1. The topological polar surface area (TPSA) is 46.1 Å². The van der Waals surface area contributed by atoms with Gasteiger partial charge < -0.3 is 4.90 Å². The zero-order valence-electron chi connectivity index (χ0n) is 11.0. The summed E-state index contributed by atoms with van der Waals surface area (Å²) in [6, 6.07) is 9.65. The summed E-state index contributed by atoms with van der Waals surface area (Å²) < 4.78 is 1.01. The number of amides is 1. The minimum atomic E-state index is 0.0539. The van der Waals surface area contributed by atoms with E-state index in [0.717, 1.165) is 10.0 Å². The first kappa shape index (κ1) is 15.0. The fraction of sp³-hybridized carbons (Fsp3) is 0.214. The van der Waals surface area contributed by atoms with Crippen LogP contribution in [0.3, 0.4) is 0 Å². The van der Waals surface area contributed by atoms with Gasteiger partial charge in [-0.05, 0) is 17.7 Å². The van der Waals surface area contributed by atoms with Crippen molar-refractivity contribution in [3.63, 3.8) is 0 Å². The van der Waals surface area contributed by atoms with Gasteiger partial charge in [-0.1, -0.05) is 45.9 Å². The van der Waals surface area contributed by atoms with Crippen molar-refractivity contribution in [1.82, 2.24) is 14.9 Å². The number of aromatic nitrogens is 2. The molecule has 104 valence electrons. The van der Waals surface area contributed by atoms with Crippen LogP contribution in [0.15, 0.2) is 52.4 Å². The normalized spacial score (nSPS) is 10.3. The van der Waals surface area contributed by atoms with Crippen LogP contribution in [-0.2, 0) is 11.3 Å². The summed E-state index contributed by atoms with van der Waals surface area (Å²) in [5.41, 5.74) is 1.09. The average molecular weight is 352 g/mol. The maximum atomic E-state index is 12.1. The number of hydrogen-bond donors (Lipinski definition) is 0. The highest BCUT2D eigenvalue weighted by Gasteiger charge is 2.11. The predicted octanol–water partition coefficient (Wildman–Crippen LogP) is 2.99. The van der Waals surface area contributed by atoms with Crippen LogP contribution >= 0.6 is 27.7 Å². The van der Waals surface area contributed by atoms with Crippen LogP contribution < -0.4 is 0 Å². The van der Waals surface area contributed by atoms with Crippen molar-refractivity contribution in [3.8, 4) is 0 Å². The van der Waals surface area contributed by atoms with E-state index in [1.165, 1.54) is 11.8 Å². The Morgan fingerprint density at radius 2 is 1.95 bits per heavy atom. The van der Waals surface area contributed by atoms with Crippen LogP contribution in [-0.4, -0.2) is 33.6 Å². The van der Waals surface area contributed by atoms with Crippen molar-refractivity contribution in [1.29, 1.82) is 0 Å². The zero-order chi connectivity index (χ0) is 14.4. The lowest BCUT2D eigenvalue weighted by molar-refractivity contribution is -0.127. The Morgan fingerprint density at radius 3 is 2.65 bits per heavy atom. The monoisotopic (exact) mass is 351 g/mol. The third kappa shape index (κ3) is 4.31. The average Bonchev–Trinajstić information content (AvgIpc) is 2.48. The maximum Gasteiger partial charge on any atom is 0.233 e. The number of rotatable bonds is 5. The summed E-state index contributed by atoms with van der Waals surface area (Å²) in [5.74, 6) is 0.392. The Kier molecular flexibility index (Phi) is 5.55. The van der Waals surface area contributed by atoms with Gasteiger partial charge >= 0.3 is 0 Å². The van der Waals surface area contributed by atoms with Gasteiger partial charge in [-0.25, -0.2) is 9.97 Å². The molecule has 0 unspecified atom stereocenters. The number of carbonyl (C=O) groups is 1. The smallest absolute Gasteiger partial charge is 0.233 e.